The summed E-state index contributed by atoms with van der Waals surface area (Å²) >= 11 is 6.27. The van der Waals surface area contributed by atoms with Crippen molar-refractivity contribution in [1.29, 1.82) is 0 Å². The Morgan fingerprint density at radius 3 is 2.72 bits per heavy atom. The maximum absolute atomic E-state index is 6.27. The summed E-state index contributed by atoms with van der Waals surface area (Å²) in [6.45, 7) is 4.21. The van der Waals surface area contributed by atoms with Gasteiger partial charge < -0.3 is 0 Å². The van der Waals surface area contributed by atoms with Gasteiger partial charge >= 0.3 is 0 Å². The van der Waals surface area contributed by atoms with Crippen LogP contribution in [0.4, 0.5) is 0 Å². The zero-order valence-corrected chi connectivity index (χ0v) is 12.0. The normalized spacial score (nSPS) is 18.7. The lowest BCUT2D eigenvalue weighted by Gasteiger charge is -2.22. The molecule has 0 aliphatic heterocycles. The largest absolute Gasteiger partial charge is 0.271 e. The van der Waals surface area contributed by atoms with Crippen molar-refractivity contribution in [3.8, 4) is 0 Å². The minimum absolute atomic E-state index is 0.102. The SMILES string of the molecule is CC(C)n1ncc(Cl)c1C(CC1CCCC1)NN. The highest BCUT2D eigenvalue weighted by atomic mass is 35.5. The van der Waals surface area contributed by atoms with E-state index in [1.54, 1.807) is 6.20 Å². The fraction of sp³-hybridized carbons (Fsp3) is 0.769. The molecular weight excluding hydrogens is 248 g/mol. The summed E-state index contributed by atoms with van der Waals surface area (Å²) in [7, 11) is 0. The first-order valence-corrected chi connectivity index (χ1v) is 7.20. The number of hydrazine groups is 1. The molecule has 1 aromatic heterocycles. The third-order valence-electron chi connectivity index (χ3n) is 3.85. The van der Waals surface area contributed by atoms with Crippen molar-refractivity contribution in [2.75, 3.05) is 0 Å². The molecule has 1 saturated carbocycles. The molecule has 102 valence electrons. The van der Waals surface area contributed by atoms with Crippen LogP contribution in [0.1, 0.15) is 63.7 Å². The highest BCUT2D eigenvalue weighted by Crippen LogP contribution is 2.35. The number of hydrogen-bond donors (Lipinski definition) is 2. The van der Waals surface area contributed by atoms with Gasteiger partial charge in [-0.2, -0.15) is 5.10 Å². The second-order valence-electron chi connectivity index (χ2n) is 5.52. The summed E-state index contributed by atoms with van der Waals surface area (Å²) < 4.78 is 1.97. The Morgan fingerprint density at radius 1 is 1.50 bits per heavy atom. The van der Waals surface area contributed by atoms with Gasteiger partial charge in [-0.05, 0) is 26.2 Å². The summed E-state index contributed by atoms with van der Waals surface area (Å²) in [6.07, 6.45) is 8.08. The van der Waals surface area contributed by atoms with Gasteiger partial charge in [-0.1, -0.05) is 37.3 Å². The van der Waals surface area contributed by atoms with E-state index in [2.05, 4.69) is 24.4 Å². The monoisotopic (exact) mass is 270 g/mol. The minimum Gasteiger partial charge on any atom is -0.271 e. The van der Waals surface area contributed by atoms with Crippen molar-refractivity contribution in [3.63, 3.8) is 0 Å². The van der Waals surface area contributed by atoms with Gasteiger partial charge in [0.2, 0.25) is 0 Å². The van der Waals surface area contributed by atoms with Crippen molar-refractivity contribution >= 4 is 11.6 Å². The summed E-state index contributed by atoms with van der Waals surface area (Å²) in [5, 5.41) is 5.06. The van der Waals surface area contributed by atoms with Crippen LogP contribution in [0.5, 0.6) is 0 Å². The van der Waals surface area contributed by atoms with E-state index in [1.807, 2.05) is 4.68 Å². The van der Waals surface area contributed by atoms with E-state index in [4.69, 9.17) is 17.4 Å². The van der Waals surface area contributed by atoms with Gasteiger partial charge in [0.05, 0.1) is 23.0 Å². The Kier molecular flexibility index (Phi) is 4.65. The fourth-order valence-electron chi connectivity index (χ4n) is 2.93. The van der Waals surface area contributed by atoms with E-state index in [9.17, 15) is 0 Å². The summed E-state index contributed by atoms with van der Waals surface area (Å²) in [4.78, 5) is 0. The van der Waals surface area contributed by atoms with Crippen LogP contribution >= 0.6 is 11.6 Å². The van der Waals surface area contributed by atoms with Crippen molar-refractivity contribution in [3.05, 3.63) is 16.9 Å². The molecule has 0 radical (unpaired) electrons. The maximum Gasteiger partial charge on any atom is 0.0834 e. The van der Waals surface area contributed by atoms with Crippen LogP contribution in [0.3, 0.4) is 0 Å². The zero-order valence-electron chi connectivity index (χ0n) is 11.2. The molecule has 0 spiro atoms. The van der Waals surface area contributed by atoms with Crippen LogP contribution in [-0.2, 0) is 0 Å². The fourth-order valence-corrected chi connectivity index (χ4v) is 3.19. The van der Waals surface area contributed by atoms with Gasteiger partial charge in [-0.25, -0.2) is 0 Å². The average Bonchev–Trinajstić information content (AvgIpc) is 2.95. The van der Waals surface area contributed by atoms with Gasteiger partial charge in [-0.15, -0.1) is 0 Å². The molecule has 4 nitrogen and oxygen atoms in total. The lowest BCUT2D eigenvalue weighted by Crippen LogP contribution is -2.31. The molecule has 0 aromatic carbocycles. The van der Waals surface area contributed by atoms with Gasteiger partial charge in [0.15, 0.2) is 0 Å². The minimum atomic E-state index is 0.102. The van der Waals surface area contributed by atoms with Crippen LogP contribution in [0.2, 0.25) is 5.02 Å². The first-order chi connectivity index (χ1) is 8.63. The first-order valence-electron chi connectivity index (χ1n) is 6.82. The van der Waals surface area contributed by atoms with Crippen LogP contribution in [-0.4, -0.2) is 9.78 Å². The number of nitrogens with one attached hydrogen (secondary N) is 1. The van der Waals surface area contributed by atoms with E-state index in [0.29, 0.717) is 11.1 Å². The highest BCUT2D eigenvalue weighted by molar-refractivity contribution is 6.31. The molecule has 1 unspecified atom stereocenters. The smallest absolute Gasteiger partial charge is 0.0834 e. The average molecular weight is 271 g/mol. The number of rotatable bonds is 5. The molecule has 3 N–H and O–H groups in total. The number of aromatic nitrogens is 2. The molecular formula is C13H23ClN4. The third-order valence-corrected chi connectivity index (χ3v) is 4.14. The van der Waals surface area contributed by atoms with Gasteiger partial charge in [0.25, 0.3) is 0 Å². The molecule has 0 amide bonds. The van der Waals surface area contributed by atoms with Gasteiger partial charge in [0.1, 0.15) is 0 Å². The van der Waals surface area contributed by atoms with Crippen LogP contribution < -0.4 is 11.3 Å². The van der Waals surface area contributed by atoms with Gasteiger partial charge in [0, 0.05) is 6.04 Å². The van der Waals surface area contributed by atoms with Crippen LogP contribution in [0.15, 0.2) is 6.20 Å². The molecule has 1 aromatic rings. The summed E-state index contributed by atoms with van der Waals surface area (Å²) in [5.41, 5.74) is 3.95. The van der Waals surface area contributed by atoms with Crippen molar-refractivity contribution in [2.45, 2.75) is 58.0 Å². The lowest BCUT2D eigenvalue weighted by molar-refractivity contribution is 0.369. The van der Waals surface area contributed by atoms with E-state index in [0.717, 1.165) is 18.0 Å². The van der Waals surface area contributed by atoms with Crippen molar-refractivity contribution < 1.29 is 0 Å². The predicted molar refractivity (Wildman–Crippen MR) is 74.3 cm³/mol. The topological polar surface area (TPSA) is 55.9 Å². The second-order valence-corrected chi connectivity index (χ2v) is 5.93. The van der Waals surface area contributed by atoms with Crippen LogP contribution in [0.25, 0.3) is 0 Å². The molecule has 1 atom stereocenters. The molecule has 0 saturated heterocycles. The van der Waals surface area contributed by atoms with Crippen molar-refractivity contribution in [2.24, 2.45) is 11.8 Å². The lowest BCUT2D eigenvalue weighted by atomic mass is 9.96. The Hall–Kier alpha value is -0.580. The summed E-state index contributed by atoms with van der Waals surface area (Å²) in [6, 6.07) is 0.400. The number of nitrogens with zero attached hydrogens (tertiary/aromatic N) is 2. The molecule has 18 heavy (non-hydrogen) atoms. The Bertz CT molecular complexity index is 382. The standard InChI is InChI=1S/C13H23ClN4/c1-9(2)18-13(11(14)8-16-18)12(17-15)7-10-5-3-4-6-10/h8-10,12,17H,3-7,15H2,1-2H3. The first kappa shape index (κ1) is 13.8. The number of halogens is 1. The number of nitrogens with two attached hydrogens (primary N) is 1. The molecule has 0 bridgehead atoms. The Labute approximate surface area is 114 Å². The quantitative estimate of drug-likeness (QED) is 0.638. The molecule has 1 aliphatic rings. The molecule has 1 heterocycles. The van der Waals surface area contributed by atoms with E-state index in [1.165, 1.54) is 25.7 Å². The predicted octanol–water partition coefficient (Wildman–Crippen LogP) is 3.20. The Balaban J connectivity index is 2.17. The molecule has 1 aliphatic carbocycles. The maximum atomic E-state index is 6.27. The Morgan fingerprint density at radius 2 is 2.17 bits per heavy atom. The zero-order chi connectivity index (χ0) is 13.1. The molecule has 2 rings (SSSR count). The van der Waals surface area contributed by atoms with Gasteiger partial charge in [-0.3, -0.25) is 16.0 Å². The highest BCUT2D eigenvalue weighted by Gasteiger charge is 2.25. The molecule has 1 fully saturated rings. The van der Waals surface area contributed by atoms with Crippen molar-refractivity contribution in [1.82, 2.24) is 15.2 Å². The van der Waals surface area contributed by atoms with E-state index < -0.39 is 0 Å². The number of hydrogen-bond acceptors (Lipinski definition) is 3. The third kappa shape index (κ3) is 2.87. The van der Waals surface area contributed by atoms with E-state index in [-0.39, 0.29) is 6.04 Å². The molecule has 5 heteroatoms. The summed E-state index contributed by atoms with van der Waals surface area (Å²) in [5.74, 6) is 6.49. The second kappa shape index (κ2) is 6.04. The van der Waals surface area contributed by atoms with E-state index >= 15 is 0 Å². The van der Waals surface area contributed by atoms with Crippen LogP contribution in [0, 0.1) is 5.92 Å².